The van der Waals surface area contributed by atoms with Gasteiger partial charge in [0.2, 0.25) is 0 Å². The van der Waals surface area contributed by atoms with Crippen molar-refractivity contribution in [3.63, 3.8) is 0 Å². The number of hydrogen-bond donors (Lipinski definition) is 0. The summed E-state index contributed by atoms with van der Waals surface area (Å²) in [6.07, 6.45) is 5.81. The van der Waals surface area contributed by atoms with Crippen molar-refractivity contribution in [3.8, 4) is 0 Å². The molecule has 0 aromatic heterocycles. The number of unbranched alkanes of at least 4 members (excludes halogenated alkanes) is 2. The molecule has 0 aromatic rings. The topological polar surface area (TPSA) is 0 Å². The van der Waals surface area contributed by atoms with Gasteiger partial charge in [-0.15, -0.1) is 0 Å². The molecule has 0 bridgehead atoms. The Morgan fingerprint density at radius 3 is 1.40 bits per heavy atom. The van der Waals surface area contributed by atoms with Crippen LogP contribution in [0.25, 0.3) is 0 Å². The third kappa shape index (κ3) is 3.74. The molecule has 0 heterocycles. The van der Waals surface area contributed by atoms with Crippen LogP contribution in [0, 0.1) is 0 Å². The Bertz CT molecular complexity index is 137. The molecule has 0 saturated heterocycles. The molecule has 0 N–H and O–H groups in total. The van der Waals surface area contributed by atoms with E-state index in [1.54, 1.807) is 6.16 Å². The van der Waals surface area contributed by atoms with Crippen molar-refractivity contribution in [1.82, 2.24) is 0 Å². The van der Waals surface area contributed by atoms with Crippen LogP contribution in [-0.2, 0) is 0 Å². The first-order valence-corrected chi connectivity index (χ1v) is 9.33. The van der Waals surface area contributed by atoms with E-state index in [0.717, 1.165) is 17.0 Å². The fraction of sp³-hybridized carbons (Fsp3) is 1.00. The van der Waals surface area contributed by atoms with Crippen LogP contribution in [0.3, 0.4) is 0 Å². The minimum absolute atomic E-state index is 0.939. The van der Waals surface area contributed by atoms with Gasteiger partial charge in [-0.25, -0.2) is 0 Å². The quantitative estimate of drug-likeness (QED) is 0.420. The van der Waals surface area contributed by atoms with E-state index >= 15 is 0 Å². The predicted octanol–water partition coefficient (Wildman–Crippen LogP) is 5.15. The summed E-state index contributed by atoms with van der Waals surface area (Å²) in [5.41, 5.74) is 2.82. The summed E-state index contributed by atoms with van der Waals surface area (Å²) in [4.78, 5) is 0. The van der Waals surface area contributed by atoms with E-state index in [1.165, 1.54) is 19.3 Å². The van der Waals surface area contributed by atoms with Crippen LogP contribution >= 0.6 is 7.26 Å². The van der Waals surface area contributed by atoms with Gasteiger partial charge in [0.15, 0.2) is 0 Å². The van der Waals surface area contributed by atoms with Crippen LogP contribution in [0.15, 0.2) is 0 Å². The maximum atomic E-state index is 2.47. The molecule has 0 rings (SSSR count). The van der Waals surface area contributed by atoms with E-state index in [1.807, 2.05) is 0 Å². The molecular weight excluding hydrogens is 199 g/mol. The summed E-state index contributed by atoms with van der Waals surface area (Å²) in [6.45, 7) is 17.1. The zero-order valence-corrected chi connectivity index (χ0v) is 13.1. The fourth-order valence-electron chi connectivity index (χ4n) is 3.55. The second-order valence-corrected chi connectivity index (χ2v) is 12.2. The molecular formula is C14H33P. The monoisotopic (exact) mass is 232 g/mol. The predicted molar refractivity (Wildman–Crippen MR) is 78.1 cm³/mol. The average molecular weight is 232 g/mol. The first-order chi connectivity index (χ1) is 6.89. The van der Waals surface area contributed by atoms with Gasteiger partial charge in [0, 0.05) is 0 Å². The van der Waals surface area contributed by atoms with E-state index < -0.39 is 7.26 Å². The summed E-state index contributed by atoms with van der Waals surface area (Å²) >= 11 is 0. The normalized spacial score (nSPS) is 14.3. The van der Waals surface area contributed by atoms with Crippen LogP contribution < -0.4 is 0 Å². The van der Waals surface area contributed by atoms with E-state index in [0.29, 0.717) is 0 Å². The second-order valence-electron chi connectivity index (χ2n) is 6.03. The molecule has 0 nitrogen and oxygen atoms in total. The fourth-order valence-corrected chi connectivity index (χ4v) is 10.1. The van der Waals surface area contributed by atoms with Gasteiger partial charge in [-0.3, -0.25) is 0 Å². The maximum absolute atomic E-state index is 2.47. The van der Waals surface area contributed by atoms with Crippen LogP contribution in [0.1, 0.15) is 67.7 Å². The standard InChI is InChI=1S/C14H33P/c1-8-9-10-11-15(12(2)3,13(4)5)14(6)7/h12-15H,8-11H2,1-7H3. The third-order valence-electron chi connectivity index (χ3n) is 4.44. The zero-order chi connectivity index (χ0) is 12.1. The van der Waals surface area contributed by atoms with Gasteiger partial charge >= 0.3 is 98.1 Å². The molecule has 1 heteroatoms. The molecule has 94 valence electrons. The first-order valence-electron chi connectivity index (χ1n) is 6.89. The minimum atomic E-state index is -1.06. The molecule has 0 spiro atoms. The van der Waals surface area contributed by atoms with Gasteiger partial charge in [-0.2, -0.15) is 0 Å². The van der Waals surface area contributed by atoms with E-state index in [4.69, 9.17) is 0 Å². The SMILES string of the molecule is CCCCC[PH](C(C)C)(C(C)C)C(C)C. The molecule has 0 aliphatic carbocycles. The Balaban J connectivity index is 4.65. The van der Waals surface area contributed by atoms with Gasteiger partial charge in [0.25, 0.3) is 0 Å². The van der Waals surface area contributed by atoms with Crippen LogP contribution in [-0.4, -0.2) is 23.1 Å². The van der Waals surface area contributed by atoms with Crippen LogP contribution in [0.2, 0.25) is 0 Å². The van der Waals surface area contributed by atoms with Crippen molar-refractivity contribution in [1.29, 1.82) is 0 Å². The zero-order valence-electron chi connectivity index (χ0n) is 12.1. The molecule has 0 unspecified atom stereocenters. The van der Waals surface area contributed by atoms with Gasteiger partial charge < -0.3 is 0 Å². The van der Waals surface area contributed by atoms with Crippen LogP contribution in [0.5, 0.6) is 0 Å². The summed E-state index contributed by atoms with van der Waals surface area (Å²) in [5, 5.41) is 0. The average Bonchev–Trinajstić information content (AvgIpc) is 2.10. The number of rotatable bonds is 7. The molecule has 0 fully saturated rings. The summed E-state index contributed by atoms with van der Waals surface area (Å²) in [6, 6.07) is 0. The van der Waals surface area contributed by atoms with Crippen LogP contribution in [0.4, 0.5) is 0 Å². The Labute approximate surface area is 98.6 Å². The molecule has 15 heavy (non-hydrogen) atoms. The molecule has 0 aliphatic heterocycles. The number of hydrogen-bond acceptors (Lipinski definition) is 0. The Hall–Kier alpha value is 0.430. The third-order valence-corrected chi connectivity index (χ3v) is 12.1. The van der Waals surface area contributed by atoms with Crippen molar-refractivity contribution in [2.24, 2.45) is 0 Å². The molecule has 0 saturated carbocycles. The molecule has 0 aromatic carbocycles. The van der Waals surface area contributed by atoms with Gasteiger partial charge in [-0.1, -0.05) is 0 Å². The molecule has 0 atom stereocenters. The summed E-state index contributed by atoms with van der Waals surface area (Å²) in [7, 11) is -1.06. The van der Waals surface area contributed by atoms with Crippen molar-refractivity contribution >= 4 is 7.26 Å². The molecule has 0 radical (unpaired) electrons. The first kappa shape index (κ1) is 15.4. The van der Waals surface area contributed by atoms with Crippen molar-refractivity contribution in [3.05, 3.63) is 0 Å². The van der Waals surface area contributed by atoms with Crippen molar-refractivity contribution < 1.29 is 0 Å². The van der Waals surface area contributed by atoms with Gasteiger partial charge in [0.05, 0.1) is 0 Å². The second kappa shape index (κ2) is 6.89. The Morgan fingerprint density at radius 1 is 0.733 bits per heavy atom. The summed E-state index contributed by atoms with van der Waals surface area (Å²) < 4.78 is 0. The van der Waals surface area contributed by atoms with E-state index in [9.17, 15) is 0 Å². The molecule has 0 amide bonds. The van der Waals surface area contributed by atoms with E-state index in [2.05, 4.69) is 48.5 Å². The Kier molecular flexibility index (Phi) is 7.09. The summed E-state index contributed by atoms with van der Waals surface area (Å²) in [5.74, 6) is 0. The van der Waals surface area contributed by atoms with Crippen molar-refractivity contribution in [2.45, 2.75) is 84.7 Å². The van der Waals surface area contributed by atoms with Gasteiger partial charge in [0.1, 0.15) is 0 Å². The Morgan fingerprint density at radius 2 is 1.13 bits per heavy atom. The van der Waals surface area contributed by atoms with Gasteiger partial charge in [-0.05, 0) is 0 Å². The molecule has 0 aliphatic rings. The van der Waals surface area contributed by atoms with E-state index in [-0.39, 0.29) is 0 Å². The van der Waals surface area contributed by atoms with Crippen molar-refractivity contribution in [2.75, 3.05) is 6.16 Å².